The fourth-order valence-electron chi connectivity index (χ4n) is 1.60. The van der Waals surface area contributed by atoms with Gasteiger partial charge in [0.25, 0.3) is 0 Å². The highest BCUT2D eigenvalue weighted by Crippen LogP contribution is 2.13. The van der Waals surface area contributed by atoms with E-state index in [-0.39, 0.29) is 24.7 Å². The molecule has 0 spiro atoms. The first-order chi connectivity index (χ1) is 8.69. The first-order valence-electron chi connectivity index (χ1n) is 6.05. The fourth-order valence-corrected chi connectivity index (χ4v) is 1.60. The molecule has 5 nitrogen and oxygen atoms in total. The number of carbonyl (C=O) groups is 2. The number of carbonyl (C=O) groups excluding carboxylic acids is 2. The molecule has 0 radical (unpaired) electrons. The highest BCUT2D eigenvalue weighted by atomic mass is 16.5. The van der Waals surface area contributed by atoms with Gasteiger partial charge in [-0.05, 0) is 26.0 Å². The topological polar surface area (TPSA) is 59.5 Å². The van der Waals surface area contributed by atoms with E-state index in [1.807, 2.05) is 6.92 Å². The van der Waals surface area contributed by atoms with Gasteiger partial charge in [0.1, 0.15) is 0 Å². The average Bonchev–Trinajstić information content (AvgIpc) is 2.39. The summed E-state index contributed by atoms with van der Waals surface area (Å²) in [5, 5.41) is 0. The van der Waals surface area contributed by atoms with Gasteiger partial charge in [0.05, 0.1) is 13.0 Å². The molecule has 98 valence electrons. The summed E-state index contributed by atoms with van der Waals surface area (Å²) in [7, 11) is 0. The Morgan fingerprint density at radius 1 is 1.22 bits per heavy atom. The Labute approximate surface area is 107 Å². The zero-order chi connectivity index (χ0) is 13.4. The zero-order valence-corrected chi connectivity index (χ0v) is 10.8. The molecule has 1 aromatic heterocycles. The first kappa shape index (κ1) is 14.2. The molecule has 18 heavy (non-hydrogen) atoms. The van der Waals surface area contributed by atoms with Gasteiger partial charge in [-0.25, -0.2) is 0 Å². The van der Waals surface area contributed by atoms with E-state index in [2.05, 4.69) is 4.98 Å². The van der Waals surface area contributed by atoms with Crippen LogP contribution in [0.3, 0.4) is 0 Å². The van der Waals surface area contributed by atoms with Crippen LogP contribution in [0.15, 0.2) is 24.5 Å². The van der Waals surface area contributed by atoms with Crippen LogP contribution in [0.5, 0.6) is 0 Å². The van der Waals surface area contributed by atoms with Gasteiger partial charge in [-0.1, -0.05) is 0 Å². The summed E-state index contributed by atoms with van der Waals surface area (Å²) in [6, 6.07) is 3.54. The zero-order valence-electron chi connectivity index (χ0n) is 10.8. The quantitative estimate of drug-likeness (QED) is 0.722. The number of aromatic nitrogens is 1. The highest BCUT2D eigenvalue weighted by molar-refractivity contribution is 5.94. The fraction of sp³-hybridized carbons (Fsp3) is 0.462. The monoisotopic (exact) mass is 250 g/mol. The van der Waals surface area contributed by atoms with Gasteiger partial charge in [0, 0.05) is 31.0 Å². The third-order valence-electron chi connectivity index (χ3n) is 2.44. The van der Waals surface area contributed by atoms with Gasteiger partial charge in [0.2, 0.25) is 5.91 Å². The van der Waals surface area contributed by atoms with Gasteiger partial charge < -0.3 is 9.64 Å². The molecule has 0 saturated carbocycles. The van der Waals surface area contributed by atoms with Crippen LogP contribution in [0.4, 0.5) is 5.69 Å². The van der Waals surface area contributed by atoms with E-state index in [1.54, 1.807) is 36.4 Å². The van der Waals surface area contributed by atoms with E-state index in [0.29, 0.717) is 13.2 Å². The molecule has 0 unspecified atom stereocenters. The molecule has 0 aliphatic heterocycles. The molecule has 1 heterocycles. The normalized spacial score (nSPS) is 9.89. The van der Waals surface area contributed by atoms with E-state index in [1.165, 1.54) is 0 Å². The second kappa shape index (κ2) is 7.42. The van der Waals surface area contributed by atoms with Crippen molar-refractivity contribution < 1.29 is 14.3 Å². The summed E-state index contributed by atoms with van der Waals surface area (Å²) in [5.74, 6) is -0.423. The highest BCUT2D eigenvalue weighted by Gasteiger charge is 2.15. The third-order valence-corrected chi connectivity index (χ3v) is 2.44. The number of hydrogen-bond acceptors (Lipinski definition) is 4. The predicted octanol–water partition coefficient (Wildman–Crippen LogP) is 1.78. The molecule has 1 aromatic rings. The van der Waals surface area contributed by atoms with Crippen molar-refractivity contribution in [1.29, 1.82) is 0 Å². The molecular weight excluding hydrogens is 232 g/mol. The molecule has 1 rings (SSSR count). The Kier molecular flexibility index (Phi) is 5.84. The summed E-state index contributed by atoms with van der Waals surface area (Å²) in [6.07, 6.45) is 3.55. The summed E-state index contributed by atoms with van der Waals surface area (Å²) in [5.41, 5.74) is 0.793. The molecule has 0 aliphatic rings. The van der Waals surface area contributed by atoms with Crippen LogP contribution in [0, 0.1) is 0 Å². The minimum absolute atomic E-state index is 0.0863. The molecule has 0 bridgehead atoms. The SMILES string of the molecule is CCOC(=O)CCC(=O)N(CC)c1ccncc1. The summed E-state index contributed by atoms with van der Waals surface area (Å²) < 4.78 is 4.79. The number of anilines is 1. The van der Waals surface area contributed by atoms with Crippen LogP contribution in [0.1, 0.15) is 26.7 Å². The number of nitrogens with zero attached hydrogens (tertiary/aromatic N) is 2. The summed E-state index contributed by atoms with van der Waals surface area (Å²) in [6.45, 7) is 4.54. The van der Waals surface area contributed by atoms with Crippen LogP contribution < -0.4 is 4.90 Å². The Morgan fingerprint density at radius 2 is 1.89 bits per heavy atom. The first-order valence-corrected chi connectivity index (χ1v) is 6.05. The predicted molar refractivity (Wildman–Crippen MR) is 68.1 cm³/mol. The number of hydrogen-bond donors (Lipinski definition) is 0. The van der Waals surface area contributed by atoms with Crippen molar-refractivity contribution >= 4 is 17.6 Å². The third kappa shape index (κ3) is 4.16. The molecule has 0 fully saturated rings. The second-order valence-corrected chi connectivity index (χ2v) is 3.65. The molecule has 0 atom stereocenters. The number of pyridine rings is 1. The maximum atomic E-state index is 12.0. The van der Waals surface area contributed by atoms with Crippen molar-refractivity contribution in [2.75, 3.05) is 18.1 Å². The van der Waals surface area contributed by atoms with Crippen LogP contribution in [0.25, 0.3) is 0 Å². The minimum Gasteiger partial charge on any atom is -0.466 e. The molecule has 0 N–H and O–H groups in total. The lowest BCUT2D eigenvalue weighted by Gasteiger charge is -2.20. The van der Waals surface area contributed by atoms with Gasteiger partial charge in [-0.2, -0.15) is 0 Å². The van der Waals surface area contributed by atoms with E-state index in [4.69, 9.17) is 4.74 Å². The van der Waals surface area contributed by atoms with Crippen LogP contribution in [0.2, 0.25) is 0 Å². The van der Waals surface area contributed by atoms with Crippen molar-refractivity contribution in [3.05, 3.63) is 24.5 Å². The maximum absolute atomic E-state index is 12.0. The van der Waals surface area contributed by atoms with E-state index in [9.17, 15) is 9.59 Å². The lowest BCUT2D eigenvalue weighted by molar-refractivity contribution is -0.144. The van der Waals surface area contributed by atoms with Gasteiger partial charge >= 0.3 is 5.97 Å². The van der Waals surface area contributed by atoms with Crippen molar-refractivity contribution in [2.24, 2.45) is 0 Å². The molecule has 1 amide bonds. The lowest BCUT2D eigenvalue weighted by atomic mass is 10.2. The largest absolute Gasteiger partial charge is 0.466 e. The van der Waals surface area contributed by atoms with Crippen molar-refractivity contribution in [2.45, 2.75) is 26.7 Å². The van der Waals surface area contributed by atoms with Crippen molar-refractivity contribution in [3.63, 3.8) is 0 Å². The lowest BCUT2D eigenvalue weighted by Crippen LogP contribution is -2.30. The van der Waals surface area contributed by atoms with E-state index < -0.39 is 0 Å². The minimum atomic E-state index is -0.336. The molecule has 0 aromatic carbocycles. The molecular formula is C13H18N2O3. The number of ether oxygens (including phenoxy) is 1. The number of rotatable bonds is 6. The van der Waals surface area contributed by atoms with Gasteiger partial charge in [0.15, 0.2) is 0 Å². The Bertz CT molecular complexity index is 392. The molecule has 0 aliphatic carbocycles. The van der Waals surface area contributed by atoms with Gasteiger partial charge in [-0.15, -0.1) is 0 Å². The summed E-state index contributed by atoms with van der Waals surface area (Å²) in [4.78, 5) is 28.7. The number of esters is 1. The van der Waals surface area contributed by atoms with Crippen molar-refractivity contribution in [1.82, 2.24) is 4.98 Å². The van der Waals surface area contributed by atoms with Crippen molar-refractivity contribution in [3.8, 4) is 0 Å². The molecule has 0 saturated heterocycles. The standard InChI is InChI=1S/C13H18N2O3/c1-3-15(11-7-9-14-10-8-11)12(16)5-6-13(17)18-4-2/h7-10H,3-6H2,1-2H3. The second-order valence-electron chi connectivity index (χ2n) is 3.65. The van der Waals surface area contributed by atoms with Gasteiger partial charge in [-0.3, -0.25) is 14.6 Å². The van der Waals surface area contributed by atoms with E-state index in [0.717, 1.165) is 5.69 Å². The molecule has 5 heteroatoms. The maximum Gasteiger partial charge on any atom is 0.306 e. The van der Waals surface area contributed by atoms with E-state index >= 15 is 0 Å². The van der Waals surface area contributed by atoms with Crippen LogP contribution in [-0.2, 0) is 14.3 Å². The Morgan fingerprint density at radius 3 is 2.44 bits per heavy atom. The average molecular weight is 250 g/mol. The summed E-state index contributed by atoms with van der Waals surface area (Å²) >= 11 is 0. The Hall–Kier alpha value is -1.91. The number of amides is 1. The smallest absolute Gasteiger partial charge is 0.306 e. The van der Waals surface area contributed by atoms with Crippen LogP contribution >= 0.6 is 0 Å². The Balaban J connectivity index is 2.56. The van der Waals surface area contributed by atoms with Crippen LogP contribution in [-0.4, -0.2) is 30.0 Å².